The van der Waals surface area contributed by atoms with Gasteiger partial charge in [-0.05, 0) is 24.6 Å². The van der Waals surface area contributed by atoms with Crippen molar-refractivity contribution in [2.45, 2.75) is 18.6 Å². The van der Waals surface area contributed by atoms with Crippen molar-refractivity contribution in [3.05, 3.63) is 47.9 Å². The van der Waals surface area contributed by atoms with E-state index in [1.165, 1.54) is 11.8 Å². The highest BCUT2D eigenvalue weighted by atomic mass is 32.2. The number of imidazole rings is 1. The molecule has 3 rings (SSSR count). The van der Waals surface area contributed by atoms with Gasteiger partial charge in [0.25, 0.3) is 0 Å². The first kappa shape index (κ1) is 13.8. The van der Waals surface area contributed by atoms with E-state index in [1.54, 1.807) is 12.5 Å². The molecular formula is C15H14N2O3S. The number of hydrogen-bond acceptors (Lipinski definition) is 4. The van der Waals surface area contributed by atoms with Gasteiger partial charge in [0, 0.05) is 5.56 Å². The molecule has 0 amide bonds. The molecule has 0 saturated heterocycles. The molecule has 0 spiro atoms. The van der Waals surface area contributed by atoms with Crippen LogP contribution >= 0.6 is 11.8 Å². The Morgan fingerprint density at radius 2 is 2.29 bits per heavy atom. The molecule has 5 nitrogen and oxygen atoms in total. The second-order valence-corrected chi connectivity index (χ2v) is 5.68. The van der Waals surface area contributed by atoms with E-state index in [9.17, 15) is 4.79 Å². The number of aliphatic carboxylic acids is 1. The summed E-state index contributed by atoms with van der Waals surface area (Å²) in [5, 5.41) is 9.59. The number of furan rings is 1. The SMILES string of the molecule is Cc1cccc2c1nc(SCC(=O)O)n2Cc1ccoc1. The zero-order chi connectivity index (χ0) is 14.8. The average Bonchev–Trinajstić information content (AvgIpc) is 3.07. The number of hydrogen-bond donors (Lipinski definition) is 1. The summed E-state index contributed by atoms with van der Waals surface area (Å²) in [5.74, 6) is -0.855. The van der Waals surface area contributed by atoms with Crippen molar-refractivity contribution >= 4 is 28.8 Å². The Balaban J connectivity index is 2.06. The van der Waals surface area contributed by atoms with Crippen LogP contribution in [0.5, 0.6) is 0 Å². The normalized spacial score (nSPS) is 11.1. The van der Waals surface area contributed by atoms with Crippen LogP contribution in [0.4, 0.5) is 0 Å². The molecule has 2 heterocycles. The molecule has 0 unspecified atom stereocenters. The van der Waals surface area contributed by atoms with Crippen LogP contribution in [0, 0.1) is 6.92 Å². The lowest BCUT2D eigenvalue weighted by atomic mass is 10.2. The number of benzene rings is 1. The molecule has 21 heavy (non-hydrogen) atoms. The number of aryl methyl sites for hydroxylation is 1. The third kappa shape index (κ3) is 2.80. The summed E-state index contributed by atoms with van der Waals surface area (Å²) >= 11 is 1.23. The molecule has 0 bridgehead atoms. The molecule has 0 aliphatic rings. The standard InChI is InChI=1S/C15H14N2O3S/c1-10-3-2-4-12-14(10)16-15(21-9-13(18)19)17(12)7-11-5-6-20-8-11/h2-6,8H,7,9H2,1H3,(H,18,19). The molecule has 6 heteroatoms. The maximum Gasteiger partial charge on any atom is 0.313 e. The largest absolute Gasteiger partial charge is 0.481 e. The van der Waals surface area contributed by atoms with Gasteiger partial charge >= 0.3 is 5.97 Å². The van der Waals surface area contributed by atoms with E-state index >= 15 is 0 Å². The van der Waals surface area contributed by atoms with Crippen molar-refractivity contribution in [2.75, 3.05) is 5.75 Å². The van der Waals surface area contributed by atoms with Crippen molar-refractivity contribution in [1.82, 2.24) is 9.55 Å². The average molecular weight is 302 g/mol. The molecule has 0 fully saturated rings. The molecule has 1 aromatic carbocycles. The minimum absolute atomic E-state index is 0.00619. The van der Waals surface area contributed by atoms with Crippen LogP contribution in [-0.2, 0) is 11.3 Å². The molecule has 1 N–H and O–H groups in total. The van der Waals surface area contributed by atoms with Gasteiger partial charge in [-0.2, -0.15) is 0 Å². The zero-order valence-electron chi connectivity index (χ0n) is 11.4. The smallest absolute Gasteiger partial charge is 0.313 e. The van der Waals surface area contributed by atoms with Gasteiger partial charge in [-0.15, -0.1) is 0 Å². The second kappa shape index (κ2) is 5.65. The summed E-state index contributed by atoms with van der Waals surface area (Å²) in [6, 6.07) is 7.88. The Kier molecular flexibility index (Phi) is 3.70. The third-order valence-corrected chi connectivity index (χ3v) is 4.15. The van der Waals surface area contributed by atoms with Crippen LogP contribution in [-0.4, -0.2) is 26.4 Å². The fourth-order valence-corrected chi connectivity index (χ4v) is 2.95. The van der Waals surface area contributed by atoms with E-state index in [2.05, 4.69) is 4.98 Å². The van der Waals surface area contributed by atoms with E-state index in [1.807, 2.05) is 35.8 Å². The number of nitrogens with zero attached hydrogens (tertiary/aromatic N) is 2. The lowest BCUT2D eigenvalue weighted by Gasteiger charge is -2.06. The van der Waals surface area contributed by atoms with E-state index in [0.717, 1.165) is 22.2 Å². The summed E-state index contributed by atoms with van der Waals surface area (Å²) in [4.78, 5) is 15.4. The Hall–Kier alpha value is -2.21. The zero-order valence-corrected chi connectivity index (χ0v) is 12.3. The summed E-state index contributed by atoms with van der Waals surface area (Å²) in [6.45, 7) is 2.61. The molecule has 0 aliphatic heterocycles. The molecule has 0 atom stereocenters. The summed E-state index contributed by atoms with van der Waals surface area (Å²) in [5.41, 5.74) is 4.02. The first-order valence-corrected chi connectivity index (χ1v) is 7.45. The fourth-order valence-electron chi connectivity index (χ4n) is 2.22. The first-order valence-electron chi connectivity index (χ1n) is 6.46. The summed E-state index contributed by atoms with van der Waals surface area (Å²) in [7, 11) is 0. The van der Waals surface area contributed by atoms with Crippen molar-refractivity contribution < 1.29 is 14.3 Å². The van der Waals surface area contributed by atoms with Gasteiger partial charge in [0.1, 0.15) is 0 Å². The Morgan fingerprint density at radius 3 is 3.00 bits per heavy atom. The topological polar surface area (TPSA) is 68.3 Å². The maximum atomic E-state index is 10.8. The number of carboxylic acids is 1. The van der Waals surface area contributed by atoms with E-state index < -0.39 is 5.97 Å². The van der Waals surface area contributed by atoms with Crippen LogP contribution in [0.1, 0.15) is 11.1 Å². The van der Waals surface area contributed by atoms with Crippen LogP contribution in [0.25, 0.3) is 11.0 Å². The Morgan fingerprint density at radius 1 is 1.43 bits per heavy atom. The van der Waals surface area contributed by atoms with Crippen LogP contribution in [0.2, 0.25) is 0 Å². The summed E-state index contributed by atoms with van der Waals surface area (Å²) in [6.07, 6.45) is 3.32. The van der Waals surface area contributed by atoms with Gasteiger partial charge in [-0.3, -0.25) is 4.79 Å². The fraction of sp³-hybridized carbons (Fsp3) is 0.200. The lowest BCUT2D eigenvalue weighted by Crippen LogP contribution is -2.04. The maximum absolute atomic E-state index is 10.8. The van der Waals surface area contributed by atoms with Gasteiger partial charge in [-0.1, -0.05) is 23.9 Å². The number of carbonyl (C=O) groups is 1. The lowest BCUT2D eigenvalue weighted by molar-refractivity contribution is -0.133. The molecule has 0 radical (unpaired) electrons. The minimum Gasteiger partial charge on any atom is -0.481 e. The van der Waals surface area contributed by atoms with Crippen molar-refractivity contribution in [1.29, 1.82) is 0 Å². The monoisotopic (exact) mass is 302 g/mol. The van der Waals surface area contributed by atoms with Gasteiger partial charge in [0.15, 0.2) is 5.16 Å². The summed E-state index contributed by atoms with van der Waals surface area (Å²) < 4.78 is 7.13. The first-order chi connectivity index (χ1) is 10.1. The highest BCUT2D eigenvalue weighted by Crippen LogP contribution is 2.27. The number of thioether (sulfide) groups is 1. The highest BCUT2D eigenvalue weighted by Gasteiger charge is 2.14. The number of para-hydroxylation sites is 1. The molecule has 0 saturated carbocycles. The van der Waals surface area contributed by atoms with Crippen molar-refractivity contribution in [2.24, 2.45) is 0 Å². The number of fused-ring (bicyclic) bond motifs is 1. The van der Waals surface area contributed by atoms with Crippen LogP contribution < -0.4 is 0 Å². The number of carboxylic acid groups (broad SMARTS) is 1. The quantitative estimate of drug-likeness (QED) is 0.733. The van der Waals surface area contributed by atoms with Gasteiger partial charge in [-0.25, -0.2) is 4.98 Å². The predicted molar refractivity (Wildman–Crippen MR) is 80.6 cm³/mol. The molecule has 3 aromatic rings. The molecular weight excluding hydrogens is 288 g/mol. The molecule has 2 aromatic heterocycles. The number of rotatable bonds is 5. The van der Waals surface area contributed by atoms with Gasteiger partial charge < -0.3 is 14.1 Å². The van der Waals surface area contributed by atoms with E-state index in [-0.39, 0.29) is 5.75 Å². The Labute approximate surface area is 125 Å². The van der Waals surface area contributed by atoms with Crippen LogP contribution in [0.3, 0.4) is 0 Å². The molecule has 0 aliphatic carbocycles. The van der Waals surface area contributed by atoms with Crippen molar-refractivity contribution in [3.8, 4) is 0 Å². The van der Waals surface area contributed by atoms with Gasteiger partial charge in [0.05, 0.1) is 35.9 Å². The minimum atomic E-state index is -0.848. The third-order valence-electron chi connectivity index (χ3n) is 3.19. The van der Waals surface area contributed by atoms with E-state index in [0.29, 0.717) is 11.7 Å². The predicted octanol–water partition coefficient (Wildman–Crippen LogP) is 3.16. The molecule has 108 valence electrons. The van der Waals surface area contributed by atoms with Crippen molar-refractivity contribution in [3.63, 3.8) is 0 Å². The highest BCUT2D eigenvalue weighted by molar-refractivity contribution is 7.99. The second-order valence-electron chi connectivity index (χ2n) is 4.74. The van der Waals surface area contributed by atoms with E-state index in [4.69, 9.17) is 9.52 Å². The Bertz CT molecular complexity index is 778. The van der Waals surface area contributed by atoms with Crippen LogP contribution in [0.15, 0.2) is 46.4 Å². The number of aromatic nitrogens is 2. The van der Waals surface area contributed by atoms with Gasteiger partial charge in [0.2, 0.25) is 0 Å².